The molecule has 10 heavy (non-hydrogen) atoms. The molecular weight excluding hydrogens is 131 g/mol. The third-order valence-corrected chi connectivity index (χ3v) is 1.32. The number of aliphatic hydroxyl groups is 1. The Kier molecular flexibility index (Phi) is 2.40. The molecule has 1 aromatic carbocycles. The Balaban J connectivity index is 2.75. The van der Waals surface area contributed by atoms with Gasteiger partial charge in [-0.15, -0.1) is 0 Å². The van der Waals surface area contributed by atoms with Gasteiger partial charge < -0.3 is 5.11 Å². The fourth-order valence-electron chi connectivity index (χ4n) is 0.767. The van der Waals surface area contributed by atoms with E-state index in [0.29, 0.717) is 5.56 Å². The summed E-state index contributed by atoms with van der Waals surface area (Å²) in [6.45, 7) is -0.440. The van der Waals surface area contributed by atoms with Crippen LogP contribution in [-0.2, 0) is 0 Å². The Labute approximate surface area is 59.1 Å². The van der Waals surface area contributed by atoms with E-state index in [1.54, 1.807) is 24.3 Å². The lowest BCUT2D eigenvalue weighted by atomic mass is 10.1. The van der Waals surface area contributed by atoms with Gasteiger partial charge in [0.2, 0.25) is 0 Å². The summed E-state index contributed by atoms with van der Waals surface area (Å²) < 4.78 is 12.6. The number of aliphatic hydroxyl groups excluding tert-OH is 1. The number of alkyl halides is 1. The van der Waals surface area contributed by atoms with Gasteiger partial charge in [0.05, 0.1) is 6.61 Å². The van der Waals surface area contributed by atoms with Gasteiger partial charge in [-0.3, -0.25) is 0 Å². The Morgan fingerprint density at radius 2 is 1.90 bits per heavy atom. The van der Waals surface area contributed by atoms with Gasteiger partial charge in [0.1, 0.15) is 6.17 Å². The molecular formula is C8H9FO. The summed E-state index contributed by atoms with van der Waals surface area (Å²) in [7, 11) is 0. The van der Waals surface area contributed by atoms with Crippen LogP contribution in [0.4, 0.5) is 4.39 Å². The monoisotopic (exact) mass is 140 g/mol. The minimum Gasteiger partial charge on any atom is -0.393 e. The van der Waals surface area contributed by atoms with Crippen molar-refractivity contribution in [3.8, 4) is 0 Å². The van der Waals surface area contributed by atoms with Gasteiger partial charge in [-0.05, 0) is 5.56 Å². The predicted octanol–water partition coefficient (Wildman–Crippen LogP) is 1.69. The van der Waals surface area contributed by atoms with Crippen molar-refractivity contribution in [1.29, 1.82) is 0 Å². The first-order chi connectivity index (χ1) is 4.84. The molecule has 0 saturated heterocycles. The van der Waals surface area contributed by atoms with Crippen molar-refractivity contribution in [2.45, 2.75) is 6.17 Å². The van der Waals surface area contributed by atoms with Crippen molar-refractivity contribution in [3.63, 3.8) is 0 Å². The predicted molar refractivity (Wildman–Crippen MR) is 37.4 cm³/mol. The molecule has 54 valence electrons. The third-order valence-electron chi connectivity index (χ3n) is 1.32. The zero-order valence-corrected chi connectivity index (χ0v) is 5.50. The molecule has 1 rings (SSSR count). The Hall–Kier alpha value is -0.890. The molecule has 0 saturated carbocycles. The normalized spacial score (nSPS) is 13.0. The van der Waals surface area contributed by atoms with E-state index in [9.17, 15) is 4.39 Å². The smallest absolute Gasteiger partial charge is 0.148 e. The molecule has 0 aliphatic heterocycles. The second kappa shape index (κ2) is 3.32. The Morgan fingerprint density at radius 1 is 1.30 bits per heavy atom. The second-order valence-electron chi connectivity index (χ2n) is 2.06. The lowest BCUT2D eigenvalue weighted by Gasteiger charge is -2.02. The first kappa shape index (κ1) is 7.22. The van der Waals surface area contributed by atoms with Crippen LogP contribution in [0, 0.1) is 0 Å². The highest BCUT2D eigenvalue weighted by Gasteiger charge is 2.04. The Bertz CT molecular complexity index is 186. The van der Waals surface area contributed by atoms with Crippen molar-refractivity contribution in [1.82, 2.24) is 0 Å². The SMILES string of the molecule is OC[C@H](F)c1ccccc1. The van der Waals surface area contributed by atoms with E-state index in [4.69, 9.17) is 5.11 Å². The van der Waals surface area contributed by atoms with Crippen molar-refractivity contribution < 1.29 is 9.50 Å². The molecule has 0 aliphatic carbocycles. The van der Waals surface area contributed by atoms with Gasteiger partial charge in [0.15, 0.2) is 0 Å². The maximum atomic E-state index is 12.6. The average molecular weight is 140 g/mol. The molecule has 0 bridgehead atoms. The van der Waals surface area contributed by atoms with Gasteiger partial charge in [-0.2, -0.15) is 0 Å². The highest BCUT2D eigenvalue weighted by molar-refractivity contribution is 5.17. The zero-order valence-electron chi connectivity index (χ0n) is 5.50. The fraction of sp³-hybridized carbons (Fsp3) is 0.250. The molecule has 0 amide bonds. The van der Waals surface area contributed by atoms with Crippen molar-refractivity contribution in [2.24, 2.45) is 0 Å². The highest BCUT2D eigenvalue weighted by atomic mass is 19.1. The number of rotatable bonds is 2. The van der Waals surface area contributed by atoms with E-state index in [2.05, 4.69) is 0 Å². The van der Waals surface area contributed by atoms with Gasteiger partial charge in [-0.1, -0.05) is 30.3 Å². The molecule has 1 N–H and O–H groups in total. The summed E-state index contributed by atoms with van der Waals surface area (Å²) in [5, 5.41) is 8.41. The number of benzene rings is 1. The van der Waals surface area contributed by atoms with E-state index in [-0.39, 0.29) is 0 Å². The molecule has 1 atom stereocenters. The van der Waals surface area contributed by atoms with Crippen LogP contribution < -0.4 is 0 Å². The minimum atomic E-state index is -1.24. The van der Waals surface area contributed by atoms with Crippen LogP contribution in [0.1, 0.15) is 11.7 Å². The second-order valence-corrected chi connectivity index (χ2v) is 2.06. The van der Waals surface area contributed by atoms with E-state index in [0.717, 1.165) is 0 Å². The molecule has 0 heterocycles. The molecule has 0 fully saturated rings. The lowest BCUT2D eigenvalue weighted by Crippen LogP contribution is -1.95. The first-order valence-corrected chi connectivity index (χ1v) is 3.14. The van der Waals surface area contributed by atoms with Crippen LogP contribution in [0.5, 0.6) is 0 Å². The molecule has 1 aromatic rings. The maximum absolute atomic E-state index is 12.6. The van der Waals surface area contributed by atoms with Crippen molar-refractivity contribution in [2.75, 3.05) is 6.61 Å². The topological polar surface area (TPSA) is 20.2 Å². The molecule has 0 aromatic heterocycles. The van der Waals surface area contributed by atoms with Crippen LogP contribution >= 0.6 is 0 Å². The van der Waals surface area contributed by atoms with Gasteiger partial charge >= 0.3 is 0 Å². The summed E-state index contributed by atoms with van der Waals surface area (Å²) in [5.41, 5.74) is 0.532. The summed E-state index contributed by atoms with van der Waals surface area (Å²) in [6, 6.07) is 8.62. The molecule has 0 radical (unpaired) electrons. The number of hydrogen-bond donors (Lipinski definition) is 1. The highest BCUT2D eigenvalue weighted by Crippen LogP contribution is 2.14. The largest absolute Gasteiger partial charge is 0.393 e. The Morgan fingerprint density at radius 3 is 2.40 bits per heavy atom. The summed E-state index contributed by atoms with van der Waals surface area (Å²) in [5.74, 6) is 0. The third kappa shape index (κ3) is 1.54. The van der Waals surface area contributed by atoms with Gasteiger partial charge in [0, 0.05) is 0 Å². The summed E-state index contributed by atoms with van der Waals surface area (Å²) >= 11 is 0. The van der Waals surface area contributed by atoms with E-state index in [1.165, 1.54) is 0 Å². The van der Waals surface area contributed by atoms with Gasteiger partial charge in [0.25, 0.3) is 0 Å². The molecule has 0 aliphatic rings. The van der Waals surface area contributed by atoms with E-state index >= 15 is 0 Å². The summed E-state index contributed by atoms with van der Waals surface area (Å²) in [4.78, 5) is 0. The standard InChI is InChI=1S/C8H9FO/c9-8(6-10)7-4-2-1-3-5-7/h1-5,8,10H,6H2/t8-/m0/s1. The number of hydrogen-bond acceptors (Lipinski definition) is 1. The maximum Gasteiger partial charge on any atom is 0.148 e. The van der Waals surface area contributed by atoms with E-state index < -0.39 is 12.8 Å². The summed E-state index contributed by atoms with van der Waals surface area (Å²) in [6.07, 6.45) is -1.24. The van der Waals surface area contributed by atoms with Crippen LogP contribution in [0.25, 0.3) is 0 Å². The first-order valence-electron chi connectivity index (χ1n) is 3.14. The molecule has 1 nitrogen and oxygen atoms in total. The van der Waals surface area contributed by atoms with E-state index in [1.807, 2.05) is 6.07 Å². The lowest BCUT2D eigenvalue weighted by molar-refractivity contribution is 0.180. The van der Waals surface area contributed by atoms with Crippen LogP contribution in [0.3, 0.4) is 0 Å². The minimum absolute atomic E-state index is 0.440. The van der Waals surface area contributed by atoms with Crippen molar-refractivity contribution >= 4 is 0 Å². The zero-order chi connectivity index (χ0) is 7.40. The quantitative estimate of drug-likeness (QED) is 0.662. The molecule has 0 spiro atoms. The molecule has 0 unspecified atom stereocenters. The van der Waals surface area contributed by atoms with Gasteiger partial charge in [-0.25, -0.2) is 4.39 Å². The van der Waals surface area contributed by atoms with Crippen LogP contribution in [0.2, 0.25) is 0 Å². The van der Waals surface area contributed by atoms with Crippen molar-refractivity contribution in [3.05, 3.63) is 35.9 Å². The molecule has 2 heteroatoms. The van der Waals surface area contributed by atoms with Crippen LogP contribution in [-0.4, -0.2) is 11.7 Å². The fourth-order valence-corrected chi connectivity index (χ4v) is 0.767. The number of halogens is 1. The average Bonchev–Trinajstić information content (AvgIpc) is 2.05. The van der Waals surface area contributed by atoms with Crippen LogP contribution in [0.15, 0.2) is 30.3 Å².